The average Bonchev–Trinajstić information content (AvgIpc) is 2.41. The summed E-state index contributed by atoms with van der Waals surface area (Å²) in [4.78, 5) is 0. The van der Waals surface area contributed by atoms with Crippen molar-refractivity contribution in [2.45, 2.75) is 26.3 Å². The standard InChI is InChI=1S/C7H15FN.CH4/c1-9(2,6-5-8)7-3-4-7;/h7H,3-6H2,1-2H3;1H4/q+1;. The quantitative estimate of drug-likeness (QED) is 0.536. The highest BCUT2D eigenvalue weighted by Crippen LogP contribution is 2.29. The molecule has 0 radical (unpaired) electrons. The van der Waals surface area contributed by atoms with Crippen LogP contribution in [0, 0.1) is 0 Å². The summed E-state index contributed by atoms with van der Waals surface area (Å²) < 4.78 is 12.7. The molecule has 10 heavy (non-hydrogen) atoms. The van der Waals surface area contributed by atoms with E-state index in [0.717, 1.165) is 10.5 Å². The van der Waals surface area contributed by atoms with E-state index in [1.165, 1.54) is 12.8 Å². The van der Waals surface area contributed by atoms with Gasteiger partial charge in [-0.05, 0) is 0 Å². The molecular formula is C8H19FN+. The van der Waals surface area contributed by atoms with E-state index >= 15 is 0 Å². The largest absolute Gasteiger partial charge is 0.324 e. The Morgan fingerprint density at radius 1 is 1.40 bits per heavy atom. The molecule has 0 aromatic rings. The highest BCUT2D eigenvalue weighted by atomic mass is 19.1. The summed E-state index contributed by atoms with van der Waals surface area (Å²) in [6.45, 7) is 0.508. The van der Waals surface area contributed by atoms with Crippen molar-refractivity contribution in [2.75, 3.05) is 27.3 Å². The van der Waals surface area contributed by atoms with Crippen LogP contribution >= 0.6 is 0 Å². The normalized spacial score (nSPS) is 18.3. The number of nitrogens with zero attached hydrogens (tertiary/aromatic N) is 1. The summed E-state index contributed by atoms with van der Waals surface area (Å²) in [7, 11) is 4.22. The number of rotatable bonds is 3. The fraction of sp³-hybridized carbons (Fsp3) is 1.00. The molecule has 0 saturated heterocycles. The molecular weight excluding hydrogens is 129 g/mol. The minimum absolute atomic E-state index is 0. The first-order chi connectivity index (χ1) is 4.17. The van der Waals surface area contributed by atoms with E-state index in [2.05, 4.69) is 14.1 Å². The van der Waals surface area contributed by atoms with Gasteiger partial charge in [-0.1, -0.05) is 7.43 Å². The second-order valence-corrected chi connectivity index (χ2v) is 3.42. The molecule has 1 aliphatic carbocycles. The Morgan fingerprint density at radius 2 is 1.90 bits per heavy atom. The van der Waals surface area contributed by atoms with Crippen molar-refractivity contribution in [2.24, 2.45) is 0 Å². The van der Waals surface area contributed by atoms with Crippen LogP contribution in [0.1, 0.15) is 20.3 Å². The van der Waals surface area contributed by atoms with Crippen LogP contribution in [0.15, 0.2) is 0 Å². The number of quaternary nitrogens is 1. The molecule has 2 heteroatoms. The van der Waals surface area contributed by atoms with E-state index < -0.39 is 0 Å². The van der Waals surface area contributed by atoms with E-state index in [1.54, 1.807) is 0 Å². The van der Waals surface area contributed by atoms with Crippen LogP contribution in [-0.2, 0) is 0 Å². The van der Waals surface area contributed by atoms with Gasteiger partial charge in [-0.3, -0.25) is 0 Å². The summed E-state index contributed by atoms with van der Waals surface area (Å²) in [6.07, 6.45) is 2.60. The number of halogens is 1. The van der Waals surface area contributed by atoms with Crippen molar-refractivity contribution in [3.8, 4) is 0 Å². The predicted octanol–water partition coefficient (Wildman–Crippen LogP) is 1.83. The number of alkyl halides is 1. The van der Waals surface area contributed by atoms with E-state index in [1.807, 2.05) is 0 Å². The zero-order valence-corrected chi connectivity index (χ0v) is 6.23. The molecule has 0 heterocycles. The van der Waals surface area contributed by atoms with Crippen LogP contribution in [0.25, 0.3) is 0 Å². The fourth-order valence-electron chi connectivity index (χ4n) is 1.17. The Hall–Kier alpha value is -0.110. The first kappa shape index (κ1) is 9.89. The molecule has 0 aliphatic heterocycles. The highest BCUT2D eigenvalue weighted by Gasteiger charge is 2.37. The van der Waals surface area contributed by atoms with Crippen molar-refractivity contribution in [1.82, 2.24) is 0 Å². The van der Waals surface area contributed by atoms with Crippen LogP contribution in [0.3, 0.4) is 0 Å². The Balaban J connectivity index is 0.000000810. The lowest BCUT2D eigenvalue weighted by Gasteiger charge is -2.28. The maximum atomic E-state index is 11.9. The Bertz CT molecular complexity index is 97.4. The second-order valence-electron chi connectivity index (χ2n) is 3.42. The third kappa shape index (κ3) is 2.25. The SMILES string of the molecule is C.C[N+](C)(CCF)C1CC1. The molecule has 0 amide bonds. The third-order valence-corrected chi connectivity index (χ3v) is 2.20. The topological polar surface area (TPSA) is 0 Å². The molecule has 1 rings (SSSR count). The van der Waals surface area contributed by atoms with Crippen molar-refractivity contribution in [3.63, 3.8) is 0 Å². The van der Waals surface area contributed by atoms with Gasteiger partial charge in [0.25, 0.3) is 0 Å². The summed E-state index contributed by atoms with van der Waals surface area (Å²) in [5, 5.41) is 0. The number of hydrogen-bond acceptors (Lipinski definition) is 0. The highest BCUT2D eigenvalue weighted by molar-refractivity contribution is 4.73. The van der Waals surface area contributed by atoms with Crippen LogP contribution < -0.4 is 0 Å². The van der Waals surface area contributed by atoms with Gasteiger partial charge < -0.3 is 4.48 Å². The molecule has 0 unspecified atom stereocenters. The smallest absolute Gasteiger partial charge is 0.138 e. The monoisotopic (exact) mass is 148 g/mol. The van der Waals surface area contributed by atoms with Gasteiger partial charge in [-0.15, -0.1) is 0 Å². The Labute approximate surface area is 63.4 Å². The molecule has 0 bridgehead atoms. The Morgan fingerprint density at radius 3 is 2.20 bits per heavy atom. The van der Waals surface area contributed by atoms with Gasteiger partial charge in [0.05, 0.1) is 20.1 Å². The van der Waals surface area contributed by atoms with Gasteiger partial charge in [0, 0.05) is 12.8 Å². The van der Waals surface area contributed by atoms with Crippen molar-refractivity contribution in [1.29, 1.82) is 0 Å². The van der Waals surface area contributed by atoms with E-state index in [9.17, 15) is 4.39 Å². The van der Waals surface area contributed by atoms with Crippen LogP contribution in [-0.4, -0.2) is 37.8 Å². The molecule has 1 nitrogen and oxygen atoms in total. The first-order valence-corrected chi connectivity index (χ1v) is 3.55. The molecule has 0 spiro atoms. The van der Waals surface area contributed by atoms with Gasteiger partial charge in [-0.2, -0.15) is 0 Å². The Kier molecular flexibility index (Phi) is 3.29. The van der Waals surface area contributed by atoms with Crippen molar-refractivity contribution < 1.29 is 8.87 Å². The molecule has 62 valence electrons. The molecule has 0 aromatic heterocycles. The fourth-order valence-corrected chi connectivity index (χ4v) is 1.17. The molecule has 0 aromatic carbocycles. The van der Waals surface area contributed by atoms with Gasteiger partial charge in [0.2, 0.25) is 0 Å². The molecule has 1 saturated carbocycles. The number of hydrogen-bond donors (Lipinski definition) is 0. The summed E-state index contributed by atoms with van der Waals surface area (Å²) in [5.74, 6) is 0. The van der Waals surface area contributed by atoms with E-state index in [0.29, 0.717) is 6.54 Å². The lowest BCUT2D eigenvalue weighted by Crippen LogP contribution is -2.43. The molecule has 0 atom stereocenters. The van der Waals surface area contributed by atoms with Gasteiger partial charge in [-0.25, -0.2) is 4.39 Å². The van der Waals surface area contributed by atoms with Gasteiger partial charge in [0.1, 0.15) is 13.2 Å². The zero-order valence-electron chi connectivity index (χ0n) is 6.23. The van der Waals surface area contributed by atoms with E-state index in [-0.39, 0.29) is 14.1 Å². The minimum atomic E-state index is -0.177. The third-order valence-electron chi connectivity index (χ3n) is 2.20. The zero-order chi connectivity index (χ0) is 6.91. The molecule has 1 aliphatic rings. The summed E-state index contributed by atoms with van der Waals surface area (Å²) in [6, 6.07) is 0.765. The maximum Gasteiger partial charge on any atom is 0.138 e. The van der Waals surface area contributed by atoms with Crippen LogP contribution in [0.5, 0.6) is 0 Å². The van der Waals surface area contributed by atoms with Crippen LogP contribution in [0.4, 0.5) is 4.39 Å². The van der Waals surface area contributed by atoms with Crippen molar-refractivity contribution >= 4 is 0 Å². The summed E-state index contributed by atoms with van der Waals surface area (Å²) >= 11 is 0. The van der Waals surface area contributed by atoms with Crippen molar-refractivity contribution in [3.05, 3.63) is 0 Å². The molecule has 0 N–H and O–H groups in total. The van der Waals surface area contributed by atoms with E-state index in [4.69, 9.17) is 0 Å². The lowest BCUT2D eigenvalue weighted by atomic mass is 10.4. The second kappa shape index (κ2) is 3.33. The lowest BCUT2D eigenvalue weighted by molar-refractivity contribution is -0.900. The predicted molar refractivity (Wildman–Crippen MR) is 42.7 cm³/mol. The van der Waals surface area contributed by atoms with Gasteiger partial charge >= 0.3 is 0 Å². The average molecular weight is 148 g/mol. The van der Waals surface area contributed by atoms with Gasteiger partial charge in [0.15, 0.2) is 0 Å². The summed E-state index contributed by atoms with van der Waals surface area (Å²) in [5.41, 5.74) is 0. The molecule has 1 fully saturated rings. The van der Waals surface area contributed by atoms with Crippen LogP contribution in [0.2, 0.25) is 0 Å². The minimum Gasteiger partial charge on any atom is -0.324 e. The first-order valence-electron chi connectivity index (χ1n) is 3.55. The maximum absolute atomic E-state index is 11.9.